The van der Waals surface area contributed by atoms with E-state index in [1.807, 2.05) is 36.1 Å². The van der Waals surface area contributed by atoms with Crippen LogP contribution in [0, 0.1) is 5.92 Å². The van der Waals surface area contributed by atoms with Crippen LogP contribution in [0.15, 0.2) is 24.3 Å². The molecule has 0 aliphatic carbocycles. The number of rotatable bonds is 2. The summed E-state index contributed by atoms with van der Waals surface area (Å²) in [4.78, 5) is 14.5. The van der Waals surface area contributed by atoms with Gasteiger partial charge in [-0.25, -0.2) is 0 Å². The third kappa shape index (κ3) is 2.97. The molecule has 0 radical (unpaired) electrons. The lowest BCUT2D eigenvalue weighted by Crippen LogP contribution is -2.51. The molecule has 114 valence electrons. The van der Waals surface area contributed by atoms with Crippen molar-refractivity contribution >= 4 is 5.91 Å². The van der Waals surface area contributed by atoms with Crippen LogP contribution in [-0.2, 0) is 4.79 Å². The predicted octanol–water partition coefficient (Wildman–Crippen LogP) is 1.41. The number of carbonyl (C=O) groups excluding carboxylic acids is 1. The van der Waals surface area contributed by atoms with Crippen LogP contribution in [0.1, 0.15) is 19.8 Å². The first-order valence-electron chi connectivity index (χ1n) is 7.58. The predicted molar refractivity (Wildman–Crippen MR) is 79.3 cm³/mol. The molecular formula is C16H22N2O3. The summed E-state index contributed by atoms with van der Waals surface area (Å²) in [5.41, 5.74) is 5.98. The Morgan fingerprint density at radius 1 is 1.38 bits per heavy atom. The van der Waals surface area contributed by atoms with Crippen LogP contribution in [0.5, 0.6) is 11.5 Å². The number of fused-ring (bicyclic) bond motifs is 1. The zero-order chi connectivity index (χ0) is 14.8. The first kappa shape index (κ1) is 14.2. The molecule has 2 N–H and O–H groups in total. The second kappa shape index (κ2) is 5.93. The molecule has 5 heteroatoms. The average Bonchev–Trinajstić information content (AvgIpc) is 2.53. The van der Waals surface area contributed by atoms with Crippen molar-refractivity contribution < 1.29 is 14.3 Å². The van der Waals surface area contributed by atoms with Crippen LogP contribution >= 0.6 is 0 Å². The van der Waals surface area contributed by atoms with E-state index < -0.39 is 6.10 Å². The van der Waals surface area contributed by atoms with Gasteiger partial charge < -0.3 is 20.1 Å². The molecule has 0 saturated carbocycles. The minimum absolute atomic E-state index is 0.00912. The van der Waals surface area contributed by atoms with Gasteiger partial charge in [-0.05, 0) is 37.8 Å². The van der Waals surface area contributed by atoms with E-state index in [4.69, 9.17) is 15.2 Å². The van der Waals surface area contributed by atoms with Crippen LogP contribution in [0.25, 0.3) is 0 Å². The Bertz CT molecular complexity index is 518. The number of nitrogens with zero attached hydrogens (tertiary/aromatic N) is 1. The third-order valence-electron chi connectivity index (χ3n) is 4.30. The minimum Gasteiger partial charge on any atom is -0.485 e. The monoisotopic (exact) mass is 290 g/mol. The van der Waals surface area contributed by atoms with Crippen molar-refractivity contribution in [2.45, 2.75) is 31.9 Å². The molecular weight excluding hydrogens is 268 g/mol. The fraction of sp³-hybridized carbons (Fsp3) is 0.562. The maximum Gasteiger partial charge on any atom is 0.267 e. The molecule has 0 bridgehead atoms. The number of nitrogens with two attached hydrogens (primary N) is 1. The van der Waals surface area contributed by atoms with Crippen LogP contribution < -0.4 is 15.2 Å². The lowest BCUT2D eigenvalue weighted by molar-refractivity contribution is -0.143. The van der Waals surface area contributed by atoms with E-state index in [0.717, 1.165) is 25.9 Å². The average molecular weight is 290 g/mol. The van der Waals surface area contributed by atoms with Crippen molar-refractivity contribution in [3.63, 3.8) is 0 Å². The first-order chi connectivity index (χ1) is 10.1. The zero-order valence-corrected chi connectivity index (χ0v) is 12.3. The number of piperidine rings is 1. The van der Waals surface area contributed by atoms with Crippen molar-refractivity contribution in [2.75, 3.05) is 19.7 Å². The number of amides is 1. The summed E-state index contributed by atoms with van der Waals surface area (Å²) >= 11 is 0. The van der Waals surface area contributed by atoms with Crippen molar-refractivity contribution in [1.29, 1.82) is 0 Å². The molecule has 3 rings (SSSR count). The summed E-state index contributed by atoms with van der Waals surface area (Å²) in [6.45, 7) is 3.78. The van der Waals surface area contributed by atoms with Crippen molar-refractivity contribution in [3.8, 4) is 11.5 Å². The molecule has 1 saturated heterocycles. The van der Waals surface area contributed by atoms with E-state index in [9.17, 15) is 4.79 Å². The van der Waals surface area contributed by atoms with Gasteiger partial charge in [0, 0.05) is 19.1 Å². The highest BCUT2D eigenvalue weighted by Crippen LogP contribution is 2.31. The SMILES string of the molecule is CC(N)C1CCCN(C(=O)C2COc3ccccc3O2)C1. The number of ether oxygens (including phenoxy) is 2. The first-order valence-corrected chi connectivity index (χ1v) is 7.58. The van der Waals surface area contributed by atoms with E-state index in [0.29, 0.717) is 17.4 Å². The smallest absolute Gasteiger partial charge is 0.267 e. The Balaban J connectivity index is 1.66. The van der Waals surface area contributed by atoms with E-state index in [1.54, 1.807) is 0 Å². The number of para-hydroxylation sites is 2. The molecule has 2 aliphatic rings. The fourth-order valence-electron chi connectivity index (χ4n) is 2.98. The van der Waals surface area contributed by atoms with E-state index in [-0.39, 0.29) is 18.6 Å². The second-order valence-electron chi connectivity index (χ2n) is 5.91. The molecule has 5 nitrogen and oxygen atoms in total. The Kier molecular flexibility index (Phi) is 4.01. The van der Waals surface area contributed by atoms with Gasteiger partial charge in [-0.3, -0.25) is 4.79 Å². The zero-order valence-electron chi connectivity index (χ0n) is 12.3. The molecule has 3 atom stereocenters. The highest BCUT2D eigenvalue weighted by molar-refractivity contribution is 5.82. The quantitative estimate of drug-likeness (QED) is 0.894. The summed E-state index contributed by atoms with van der Waals surface area (Å²) in [5.74, 6) is 1.73. The van der Waals surface area contributed by atoms with Crippen molar-refractivity contribution in [3.05, 3.63) is 24.3 Å². The third-order valence-corrected chi connectivity index (χ3v) is 4.30. The van der Waals surface area contributed by atoms with Gasteiger partial charge in [0.05, 0.1) is 0 Å². The molecule has 21 heavy (non-hydrogen) atoms. The summed E-state index contributed by atoms with van der Waals surface area (Å²) in [7, 11) is 0. The fourth-order valence-corrected chi connectivity index (χ4v) is 2.98. The number of hydrogen-bond acceptors (Lipinski definition) is 4. The molecule has 0 aromatic heterocycles. The summed E-state index contributed by atoms with van der Waals surface area (Å²) in [6.07, 6.45) is 1.54. The molecule has 2 aliphatic heterocycles. The van der Waals surface area contributed by atoms with E-state index >= 15 is 0 Å². The molecule has 0 spiro atoms. The Morgan fingerprint density at radius 2 is 2.14 bits per heavy atom. The maximum absolute atomic E-state index is 12.6. The van der Waals surface area contributed by atoms with Gasteiger partial charge in [0.15, 0.2) is 11.5 Å². The molecule has 2 heterocycles. The number of carbonyl (C=O) groups is 1. The molecule has 1 aromatic carbocycles. The van der Waals surface area contributed by atoms with E-state index in [1.165, 1.54) is 0 Å². The van der Waals surface area contributed by atoms with Crippen molar-refractivity contribution in [2.24, 2.45) is 11.7 Å². The maximum atomic E-state index is 12.6. The minimum atomic E-state index is -0.549. The largest absolute Gasteiger partial charge is 0.485 e. The number of likely N-dealkylation sites (tertiary alicyclic amines) is 1. The van der Waals surface area contributed by atoms with Crippen LogP contribution in [-0.4, -0.2) is 42.6 Å². The molecule has 3 unspecified atom stereocenters. The Labute approximate surface area is 125 Å². The lowest BCUT2D eigenvalue weighted by Gasteiger charge is -2.37. The van der Waals surface area contributed by atoms with E-state index in [2.05, 4.69) is 0 Å². The number of hydrogen-bond donors (Lipinski definition) is 1. The topological polar surface area (TPSA) is 64.8 Å². The van der Waals surface area contributed by atoms with Gasteiger partial charge in [-0.1, -0.05) is 12.1 Å². The Morgan fingerprint density at radius 3 is 2.90 bits per heavy atom. The summed E-state index contributed by atoms with van der Waals surface area (Å²) in [6, 6.07) is 7.56. The highest BCUT2D eigenvalue weighted by Gasteiger charge is 2.34. The van der Waals surface area contributed by atoms with Crippen LogP contribution in [0.4, 0.5) is 0 Å². The van der Waals surface area contributed by atoms with Crippen LogP contribution in [0.2, 0.25) is 0 Å². The highest BCUT2D eigenvalue weighted by atomic mass is 16.6. The van der Waals surface area contributed by atoms with Crippen LogP contribution in [0.3, 0.4) is 0 Å². The van der Waals surface area contributed by atoms with Gasteiger partial charge in [-0.15, -0.1) is 0 Å². The van der Waals surface area contributed by atoms with Gasteiger partial charge in [-0.2, -0.15) is 0 Å². The van der Waals surface area contributed by atoms with Gasteiger partial charge in [0.25, 0.3) is 5.91 Å². The van der Waals surface area contributed by atoms with Gasteiger partial charge in [0.1, 0.15) is 6.61 Å². The summed E-state index contributed by atoms with van der Waals surface area (Å²) in [5, 5.41) is 0. The normalized spacial score (nSPS) is 26.3. The second-order valence-corrected chi connectivity index (χ2v) is 5.91. The molecule has 1 amide bonds. The van der Waals surface area contributed by atoms with Crippen molar-refractivity contribution in [1.82, 2.24) is 4.90 Å². The summed E-state index contributed by atoms with van der Waals surface area (Å²) < 4.78 is 11.4. The lowest BCUT2D eigenvalue weighted by atomic mass is 9.92. The Hall–Kier alpha value is -1.75. The van der Waals surface area contributed by atoms with Gasteiger partial charge in [0.2, 0.25) is 6.10 Å². The standard InChI is InChI=1S/C16H22N2O3/c1-11(17)12-5-4-8-18(9-12)16(19)15-10-20-13-6-2-3-7-14(13)21-15/h2-3,6-7,11-12,15H,4-5,8-10,17H2,1H3. The van der Waals surface area contributed by atoms with Gasteiger partial charge >= 0.3 is 0 Å². The molecule has 1 aromatic rings. The molecule has 1 fully saturated rings. The number of benzene rings is 1.